The second-order valence-electron chi connectivity index (χ2n) is 2.83. The van der Waals surface area contributed by atoms with Crippen molar-refractivity contribution in [2.75, 3.05) is 13.2 Å². The lowest BCUT2D eigenvalue weighted by molar-refractivity contribution is 0.143. The minimum atomic E-state index is -0.350. The van der Waals surface area contributed by atoms with Crippen molar-refractivity contribution in [1.82, 2.24) is 5.32 Å². The number of carbonyl (C=O) groups is 1. The molecule has 1 atom stereocenters. The van der Waals surface area contributed by atoms with E-state index in [0.717, 1.165) is 6.42 Å². The number of halogens is 2. The highest BCUT2D eigenvalue weighted by atomic mass is 35.5. The lowest BCUT2D eigenvalue weighted by atomic mass is 10.3. The minimum absolute atomic E-state index is 0. The fraction of sp³-hybridized carbons (Fsp3) is 0.875. The molecule has 6 heteroatoms. The lowest BCUT2D eigenvalue weighted by Gasteiger charge is -2.07. The van der Waals surface area contributed by atoms with Gasteiger partial charge < -0.3 is 15.8 Å². The third-order valence-corrected chi connectivity index (χ3v) is 1.33. The van der Waals surface area contributed by atoms with Gasteiger partial charge in [-0.05, 0) is 19.8 Å². The first-order chi connectivity index (χ1) is 5.66. The van der Waals surface area contributed by atoms with Gasteiger partial charge in [-0.15, -0.1) is 24.8 Å². The molecule has 0 aromatic carbocycles. The Morgan fingerprint density at radius 1 is 1.50 bits per heavy atom. The molecule has 0 spiro atoms. The first kappa shape index (κ1) is 19.4. The molecular weight excluding hydrogens is 227 g/mol. The molecule has 14 heavy (non-hydrogen) atoms. The molecule has 0 saturated carbocycles. The number of hydrogen-bond donors (Lipinski definition) is 2. The van der Waals surface area contributed by atoms with E-state index in [0.29, 0.717) is 19.6 Å². The Balaban J connectivity index is -0.000000605. The Morgan fingerprint density at radius 3 is 2.50 bits per heavy atom. The van der Waals surface area contributed by atoms with Crippen LogP contribution in [0, 0.1) is 0 Å². The molecule has 3 N–H and O–H groups in total. The van der Waals surface area contributed by atoms with Gasteiger partial charge in [0.15, 0.2) is 0 Å². The van der Waals surface area contributed by atoms with Crippen molar-refractivity contribution in [2.24, 2.45) is 5.73 Å². The standard InChI is InChI=1S/C8H18N2O2.2ClH/c1-3-5-10-8(11)12-6-4-7(2)9;;/h7H,3-6,9H2,1-2H3,(H,10,11);2*1H. The normalized spacial score (nSPS) is 10.5. The number of alkyl carbamates (subject to hydrolysis) is 1. The van der Waals surface area contributed by atoms with Crippen LogP contribution < -0.4 is 11.1 Å². The summed E-state index contributed by atoms with van der Waals surface area (Å²) in [5.74, 6) is 0. The summed E-state index contributed by atoms with van der Waals surface area (Å²) in [5.41, 5.74) is 5.47. The largest absolute Gasteiger partial charge is 0.450 e. The van der Waals surface area contributed by atoms with Gasteiger partial charge in [-0.25, -0.2) is 4.79 Å². The highest BCUT2D eigenvalue weighted by molar-refractivity contribution is 5.85. The molecule has 0 saturated heterocycles. The van der Waals surface area contributed by atoms with Gasteiger partial charge in [0, 0.05) is 12.6 Å². The summed E-state index contributed by atoms with van der Waals surface area (Å²) in [5, 5.41) is 2.60. The zero-order valence-electron chi connectivity index (χ0n) is 8.62. The molecule has 0 aliphatic heterocycles. The van der Waals surface area contributed by atoms with Crippen LogP contribution >= 0.6 is 24.8 Å². The molecule has 0 radical (unpaired) electrons. The van der Waals surface area contributed by atoms with E-state index in [1.165, 1.54) is 0 Å². The van der Waals surface area contributed by atoms with Crippen molar-refractivity contribution in [3.63, 3.8) is 0 Å². The van der Waals surface area contributed by atoms with Crippen LogP contribution in [-0.4, -0.2) is 25.3 Å². The van der Waals surface area contributed by atoms with Crippen LogP contribution in [0.3, 0.4) is 0 Å². The van der Waals surface area contributed by atoms with Crippen molar-refractivity contribution in [3.05, 3.63) is 0 Å². The summed E-state index contributed by atoms with van der Waals surface area (Å²) in [6.07, 6.45) is 1.28. The summed E-state index contributed by atoms with van der Waals surface area (Å²) in [6, 6.07) is 0.0870. The molecule has 1 amide bonds. The minimum Gasteiger partial charge on any atom is -0.450 e. The maximum absolute atomic E-state index is 10.8. The van der Waals surface area contributed by atoms with E-state index in [1.54, 1.807) is 0 Å². The lowest BCUT2D eigenvalue weighted by Crippen LogP contribution is -2.27. The number of amides is 1. The van der Waals surface area contributed by atoms with Gasteiger partial charge in [-0.2, -0.15) is 0 Å². The molecule has 88 valence electrons. The van der Waals surface area contributed by atoms with Crippen molar-refractivity contribution >= 4 is 30.9 Å². The van der Waals surface area contributed by atoms with Crippen molar-refractivity contribution in [3.8, 4) is 0 Å². The first-order valence-electron chi connectivity index (χ1n) is 4.33. The Morgan fingerprint density at radius 2 is 2.07 bits per heavy atom. The molecule has 0 heterocycles. The highest BCUT2D eigenvalue weighted by Gasteiger charge is 2.00. The number of hydrogen-bond acceptors (Lipinski definition) is 3. The van der Waals surface area contributed by atoms with Crippen LogP contribution in [0.2, 0.25) is 0 Å². The fourth-order valence-corrected chi connectivity index (χ4v) is 0.616. The molecule has 1 unspecified atom stereocenters. The van der Waals surface area contributed by atoms with E-state index in [4.69, 9.17) is 10.5 Å². The molecule has 0 aliphatic carbocycles. The highest BCUT2D eigenvalue weighted by Crippen LogP contribution is 1.88. The van der Waals surface area contributed by atoms with Crippen molar-refractivity contribution in [1.29, 1.82) is 0 Å². The molecule has 0 aliphatic rings. The average molecular weight is 247 g/mol. The molecule has 0 aromatic heterocycles. The van der Waals surface area contributed by atoms with Gasteiger partial charge in [0.05, 0.1) is 6.61 Å². The molecule has 0 fully saturated rings. The van der Waals surface area contributed by atoms with Gasteiger partial charge in [-0.3, -0.25) is 0 Å². The topological polar surface area (TPSA) is 64.3 Å². The molecule has 0 rings (SSSR count). The Hall–Kier alpha value is -0.190. The van der Waals surface area contributed by atoms with Crippen molar-refractivity contribution in [2.45, 2.75) is 32.7 Å². The van der Waals surface area contributed by atoms with Crippen LogP contribution in [0.1, 0.15) is 26.7 Å². The monoisotopic (exact) mass is 246 g/mol. The fourth-order valence-electron chi connectivity index (χ4n) is 0.616. The van der Waals surface area contributed by atoms with Gasteiger partial charge in [-0.1, -0.05) is 6.92 Å². The molecular formula is C8H20Cl2N2O2. The van der Waals surface area contributed by atoms with Gasteiger partial charge in [0.25, 0.3) is 0 Å². The van der Waals surface area contributed by atoms with E-state index in [9.17, 15) is 4.79 Å². The maximum atomic E-state index is 10.8. The Labute approximate surface area is 97.8 Å². The van der Waals surface area contributed by atoms with Gasteiger partial charge in [0.2, 0.25) is 0 Å². The molecule has 0 aromatic rings. The maximum Gasteiger partial charge on any atom is 0.407 e. The van der Waals surface area contributed by atoms with E-state index in [-0.39, 0.29) is 36.9 Å². The SMILES string of the molecule is CCCNC(=O)OCCC(C)N.Cl.Cl. The summed E-state index contributed by atoms with van der Waals surface area (Å²) < 4.78 is 4.82. The second kappa shape index (κ2) is 12.8. The summed E-state index contributed by atoms with van der Waals surface area (Å²) in [7, 11) is 0. The van der Waals surface area contributed by atoms with E-state index >= 15 is 0 Å². The quantitative estimate of drug-likeness (QED) is 0.777. The average Bonchev–Trinajstić information content (AvgIpc) is 2.00. The van der Waals surface area contributed by atoms with E-state index < -0.39 is 0 Å². The number of carbonyl (C=O) groups excluding carboxylic acids is 1. The number of nitrogens with two attached hydrogens (primary N) is 1. The van der Waals surface area contributed by atoms with E-state index in [1.807, 2.05) is 13.8 Å². The first-order valence-corrected chi connectivity index (χ1v) is 4.33. The zero-order valence-corrected chi connectivity index (χ0v) is 10.2. The van der Waals surface area contributed by atoms with Crippen LogP contribution in [0.5, 0.6) is 0 Å². The van der Waals surface area contributed by atoms with Gasteiger partial charge in [0.1, 0.15) is 0 Å². The second-order valence-corrected chi connectivity index (χ2v) is 2.83. The number of nitrogens with one attached hydrogen (secondary N) is 1. The third-order valence-electron chi connectivity index (χ3n) is 1.33. The summed E-state index contributed by atoms with van der Waals surface area (Å²) >= 11 is 0. The van der Waals surface area contributed by atoms with Crippen LogP contribution in [0.15, 0.2) is 0 Å². The third kappa shape index (κ3) is 14.3. The molecule has 4 nitrogen and oxygen atoms in total. The Kier molecular flexibility index (Phi) is 17.7. The summed E-state index contributed by atoms with van der Waals surface area (Å²) in [4.78, 5) is 10.8. The smallest absolute Gasteiger partial charge is 0.407 e. The predicted molar refractivity (Wildman–Crippen MR) is 62.4 cm³/mol. The van der Waals surface area contributed by atoms with Crippen LogP contribution in [-0.2, 0) is 4.74 Å². The predicted octanol–water partition coefficient (Wildman–Crippen LogP) is 1.70. The van der Waals surface area contributed by atoms with Gasteiger partial charge >= 0.3 is 6.09 Å². The van der Waals surface area contributed by atoms with Crippen LogP contribution in [0.25, 0.3) is 0 Å². The summed E-state index contributed by atoms with van der Waals surface area (Å²) in [6.45, 7) is 4.93. The van der Waals surface area contributed by atoms with Crippen molar-refractivity contribution < 1.29 is 9.53 Å². The number of rotatable bonds is 5. The Bertz CT molecular complexity index is 135. The zero-order chi connectivity index (χ0) is 9.40. The van der Waals surface area contributed by atoms with E-state index in [2.05, 4.69) is 5.32 Å². The molecule has 0 bridgehead atoms. The number of ether oxygens (including phenoxy) is 1. The van der Waals surface area contributed by atoms with Crippen LogP contribution in [0.4, 0.5) is 4.79 Å².